The summed E-state index contributed by atoms with van der Waals surface area (Å²) in [6.45, 7) is 0. The molecular formula is C7H10ClN3O2. The number of carboxylic acid groups (broad SMARTS) is 1. The standard InChI is InChI=1S/C7H9N3O2.ClH/c11-7(12)5-3-6(4-5)10-2-1-8-9-10;/h1-2,5-6H,3-4H2,(H,11,12);1H. The van der Waals surface area contributed by atoms with Crippen molar-refractivity contribution in [1.82, 2.24) is 15.0 Å². The fourth-order valence-electron chi connectivity index (χ4n) is 1.42. The van der Waals surface area contributed by atoms with Crippen molar-refractivity contribution in [3.05, 3.63) is 12.4 Å². The van der Waals surface area contributed by atoms with Gasteiger partial charge in [0.05, 0.1) is 18.2 Å². The van der Waals surface area contributed by atoms with Crippen LogP contribution in [0.25, 0.3) is 0 Å². The summed E-state index contributed by atoms with van der Waals surface area (Å²) in [6, 6.07) is 0.244. The number of rotatable bonds is 2. The molecule has 13 heavy (non-hydrogen) atoms. The topological polar surface area (TPSA) is 68.0 Å². The second kappa shape index (κ2) is 3.74. The first kappa shape index (κ1) is 9.98. The lowest BCUT2D eigenvalue weighted by Crippen LogP contribution is -2.32. The molecule has 6 heteroatoms. The monoisotopic (exact) mass is 203 g/mol. The van der Waals surface area contributed by atoms with E-state index in [-0.39, 0.29) is 24.4 Å². The van der Waals surface area contributed by atoms with Crippen molar-refractivity contribution >= 4 is 18.4 Å². The second-order valence-electron chi connectivity index (χ2n) is 3.04. The van der Waals surface area contributed by atoms with Crippen molar-refractivity contribution < 1.29 is 9.90 Å². The van der Waals surface area contributed by atoms with Gasteiger partial charge in [0.25, 0.3) is 0 Å². The van der Waals surface area contributed by atoms with E-state index in [1.165, 1.54) is 0 Å². The van der Waals surface area contributed by atoms with E-state index >= 15 is 0 Å². The van der Waals surface area contributed by atoms with Gasteiger partial charge in [-0.2, -0.15) is 0 Å². The van der Waals surface area contributed by atoms with Gasteiger partial charge in [-0.3, -0.25) is 4.79 Å². The van der Waals surface area contributed by atoms with Crippen molar-refractivity contribution in [3.63, 3.8) is 0 Å². The lowest BCUT2D eigenvalue weighted by molar-refractivity contribution is -0.146. The Labute approximate surface area is 81.2 Å². The van der Waals surface area contributed by atoms with Gasteiger partial charge in [-0.1, -0.05) is 5.21 Å². The highest BCUT2D eigenvalue weighted by Crippen LogP contribution is 2.36. The molecular weight excluding hydrogens is 194 g/mol. The molecule has 1 saturated carbocycles. The minimum absolute atomic E-state index is 0. The van der Waals surface area contributed by atoms with E-state index in [4.69, 9.17) is 5.11 Å². The molecule has 0 atom stereocenters. The number of hydrogen-bond acceptors (Lipinski definition) is 3. The Morgan fingerprint density at radius 2 is 2.23 bits per heavy atom. The molecule has 0 bridgehead atoms. The number of aliphatic carboxylic acids is 1. The van der Waals surface area contributed by atoms with Crippen molar-refractivity contribution in [1.29, 1.82) is 0 Å². The zero-order valence-corrected chi connectivity index (χ0v) is 7.65. The van der Waals surface area contributed by atoms with Crippen LogP contribution in [-0.4, -0.2) is 26.1 Å². The summed E-state index contributed by atoms with van der Waals surface area (Å²) in [5, 5.41) is 16.1. The summed E-state index contributed by atoms with van der Waals surface area (Å²) in [6.07, 6.45) is 4.73. The smallest absolute Gasteiger partial charge is 0.306 e. The van der Waals surface area contributed by atoms with Gasteiger partial charge in [0, 0.05) is 6.20 Å². The van der Waals surface area contributed by atoms with Crippen LogP contribution >= 0.6 is 12.4 Å². The quantitative estimate of drug-likeness (QED) is 0.770. The highest BCUT2D eigenvalue weighted by atomic mass is 35.5. The third-order valence-electron chi connectivity index (χ3n) is 2.28. The molecule has 2 rings (SSSR count). The fourth-order valence-corrected chi connectivity index (χ4v) is 1.42. The van der Waals surface area contributed by atoms with Crippen LogP contribution in [0.1, 0.15) is 18.9 Å². The molecule has 1 aliphatic carbocycles. The Bertz CT molecular complexity index is 282. The molecule has 5 nitrogen and oxygen atoms in total. The number of hydrogen-bond donors (Lipinski definition) is 1. The average Bonchev–Trinajstić information content (AvgIpc) is 2.34. The van der Waals surface area contributed by atoms with Crippen LogP contribution in [-0.2, 0) is 4.79 Å². The third kappa shape index (κ3) is 1.80. The summed E-state index contributed by atoms with van der Waals surface area (Å²) < 4.78 is 1.72. The van der Waals surface area contributed by atoms with Crippen LogP contribution in [0, 0.1) is 5.92 Å². The Hall–Kier alpha value is -1.10. The zero-order valence-electron chi connectivity index (χ0n) is 6.83. The molecule has 1 aromatic rings. The van der Waals surface area contributed by atoms with Crippen molar-refractivity contribution in [3.8, 4) is 0 Å². The molecule has 1 fully saturated rings. The van der Waals surface area contributed by atoms with Crippen LogP contribution < -0.4 is 0 Å². The Morgan fingerprint density at radius 3 is 2.69 bits per heavy atom. The summed E-state index contributed by atoms with van der Waals surface area (Å²) in [7, 11) is 0. The Morgan fingerprint density at radius 1 is 1.54 bits per heavy atom. The van der Waals surface area contributed by atoms with Gasteiger partial charge in [0.2, 0.25) is 0 Å². The van der Waals surface area contributed by atoms with Crippen molar-refractivity contribution in [2.45, 2.75) is 18.9 Å². The van der Waals surface area contributed by atoms with Gasteiger partial charge in [0.1, 0.15) is 0 Å². The third-order valence-corrected chi connectivity index (χ3v) is 2.28. The molecule has 0 amide bonds. The van der Waals surface area contributed by atoms with Gasteiger partial charge >= 0.3 is 5.97 Å². The Kier molecular flexibility index (Phi) is 2.87. The molecule has 0 aliphatic heterocycles. The van der Waals surface area contributed by atoms with E-state index in [1.54, 1.807) is 17.1 Å². The maximum absolute atomic E-state index is 10.5. The van der Waals surface area contributed by atoms with Crippen LogP contribution in [0.4, 0.5) is 0 Å². The molecule has 72 valence electrons. The predicted octanol–water partition coefficient (Wildman–Crippen LogP) is 0.736. The molecule has 1 heterocycles. The second-order valence-corrected chi connectivity index (χ2v) is 3.04. The lowest BCUT2D eigenvalue weighted by atomic mass is 9.80. The van der Waals surface area contributed by atoms with Crippen molar-refractivity contribution in [2.75, 3.05) is 0 Å². The minimum atomic E-state index is -0.702. The fraction of sp³-hybridized carbons (Fsp3) is 0.571. The summed E-state index contributed by atoms with van der Waals surface area (Å²) >= 11 is 0. The molecule has 0 unspecified atom stereocenters. The highest BCUT2D eigenvalue weighted by Gasteiger charge is 2.35. The first-order valence-electron chi connectivity index (χ1n) is 3.86. The van der Waals surface area contributed by atoms with Crippen LogP contribution in [0.3, 0.4) is 0 Å². The van der Waals surface area contributed by atoms with E-state index in [0.29, 0.717) is 12.8 Å². The summed E-state index contributed by atoms with van der Waals surface area (Å²) in [4.78, 5) is 10.5. The normalized spacial score (nSPS) is 25.8. The van der Waals surface area contributed by atoms with Gasteiger partial charge in [0.15, 0.2) is 0 Å². The molecule has 1 aliphatic rings. The SMILES string of the molecule is Cl.O=C(O)C1CC(n2ccnn2)C1. The molecule has 0 spiro atoms. The number of aromatic nitrogens is 3. The summed E-state index contributed by atoms with van der Waals surface area (Å²) in [5.74, 6) is -0.884. The van der Waals surface area contributed by atoms with Crippen molar-refractivity contribution in [2.24, 2.45) is 5.92 Å². The van der Waals surface area contributed by atoms with Gasteiger partial charge < -0.3 is 5.11 Å². The van der Waals surface area contributed by atoms with Gasteiger partial charge in [-0.05, 0) is 12.8 Å². The number of halogens is 1. The maximum atomic E-state index is 10.5. The molecule has 0 saturated heterocycles. The predicted molar refractivity (Wildman–Crippen MR) is 46.7 cm³/mol. The number of carbonyl (C=O) groups is 1. The molecule has 0 radical (unpaired) electrons. The average molecular weight is 204 g/mol. The lowest BCUT2D eigenvalue weighted by Gasteiger charge is -2.31. The minimum Gasteiger partial charge on any atom is -0.481 e. The first-order chi connectivity index (χ1) is 5.77. The van der Waals surface area contributed by atoms with Gasteiger partial charge in [-0.25, -0.2) is 4.68 Å². The van der Waals surface area contributed by atoms with Crippen LogP contribution in [0.15, 0.2) is 12.4 Å². The first-order valence-corrected chi connectivity index (χ1v) is 3.86. The highest BCUT2D eigenvalue weighted by molar-refractivity contribution is 5.85. The van der Waals surface area contributed by atoms with E-state index in [1.807, 2.05) is 0 Å². The van der Waals surface area contributed by atoms with E-state index in [2.05, 4.69) is 10.3 Å². The number of nitrogens with zero attached hydrogens (tertiary/aromatic N) is 3. The molecule has 1 N–H and O–H groups in total. The number of carboxylic acids is 1. The van der Waals surface area contributed by atoms with E-state index in [9.17, 15) is 4.79 Å². The van der Waals surface area contributed by atoms with Gasteiger partial charge in [-0.15, -0.1) is 17.5 Å². The largest absolute Gasteiger partial charge is 0.481 e. The maximum Gasteiger partial charge on any atom is 0.306 e. The molecule has 0 aromatic carbocycles. The Balaban J connectivity index is 0.000000845. The van der Waals surface area contributed by atoms with Crippen LogP contribution in [0.2, 0.25) is 0 Å². The zero-order chi connectivity index (χ0) is 8.55. The van der Waals surface area contributed by atoms with Crippen LogP contribution in [0.5, 0.6) is 0 Å². The van der Waals surface area contributed by atoms with E-state index in [0.717, 1.165) is 0 Å². The summed E-state index contributed by atoms with van der Waals surface area (Å²) in [5.41, 5.74) is 0. The molecule has 1 aromatic heterocycles. The van der Waals surface area contributed by atoms with E-state index < -0.39 is 5.97 Å².